The highest BCUT2D eigenvalue weighted by molar-refractivity contribution is 14.0. The van der Waals surface area contributed by atoms with Crippen LogP contribution in [0.5, 0.6) is 11.5 Å². The molecule has 148 valence electrons. The van der Waals surface area contributed by atoms with E-state index in [1.54, 1.807) is 14.2 Å². The molecule has 26 heavy (non-hydrogen) atoms. The minimum atomic E-state index is 0. The van der Waals surface area contributed by atoms with E-state index in [-0.39, 0.29) is 24.0 Å². The van der Waals surface area contributed by atoms with E-state index in [1.165, 1.54) is 12.8 Å². The molecule has 1 aromatic carbocycles. The average molecular weight is 476 g/mol. The zero-order valence-corrected chi connectivity index (χ0v) is 19.1. The van der Waals surface area contributed by atoms with Crippen LogP contribution in [0.2, 0.25) is 0 Å². The van der Waals surface area contributed by atoms with Crippen LogP contribution in [0.1, 0.15) is 18.4 Å². The number of benzene rings is 1. The van der Waals surface area contributed by atoms with Crippen molar-refractivity contribution < 1.29 is 9.47 Å². The molecule has 1 fully saturated rings. The van der Waals surface area contributed by atoms with Crippen LogP contribution in [0.4, 0.5) is 0 Å². The molecular weight excluding hydrogens is 443 g/mol. The second-order valence-corrected chi connectivity index (χ2v) is 6.83. The average Bonchev–Trinajstić information content (AvgIpc) is 3.43. The quantitative estimate of drug-likeness (QED) is 0.355. The lowest BCUT2D eigenvalue weighted by Crippen LogP contribution is -2.46. The Labute approximate surface area is 175 Å². The van der Waals surface area contributed by atoms with Crippen LogP contribution in [0, 0.1) is 5.92 Å². The third-order valence-electron chi connectivity index (χ3n) is 4.77. The summed E-state index contributed by atoms with van der Waals surface area (Å²) in [5.41, 5.74) is 1.10. The number of methoxy groups -OCH3 is 2. The first-order valence-electron chi connectivity index (χ1n) is 8.79. The van der Waals surface area contributed by atoms with Gasteiger partial charge in [-0.25, -0.2) is 0 Å². The van der Waals surface area contributed by atoms with Crippen LogP contribution < -0.4 is 14.8 Å². The van der Waals surface area contributed by atoms with E-state index < -0.39 is 0 Å². The molecule has 1 saturated carbocycles. The van der Waals surface area contributed by atoms with Crippen molar-refractivity contribution >= 4 is 29.9 Å². The maximum absolute atomic E-state index is 5.50. The standard InChI is InChI=1S/C19H32N4O2.HI/c1-20-19(21-12-17(22(2)3)14-7-8-14)23(4)13-15-9-10-16(24-5)11-18(15)25-6;/h9-11,14,17H,7-8,12-13H2,1-6H3,(H,20,21);1H. The summed E-state index contributed by atoms with van der Waals surface area (Å²) >= 11 is 0. The maximum Gasteiger partial charge on any atom is 0.193 e. The predicted octanol–water partition coefficient (Wildman–Crippen LogP) is 2.67. The van der Waals surface area contributed by atoms with Gasteiger partial charge in [-0.1, -0.05) is 0 Å². The van der Waals surface area contributed by atoms with Gasteiger partial charge in [-0.15, -0.1) is 24.0 Å². The van der Waals surface area contributed by atoms with Crippen molar-refractivity contribution in [2.24, 2.45) is 10.9 Å². The summed E-state index contributed by atoms with van der Waals surface area (Å²) in [6, 6.07) is 6.46. The van der Waals surface area contributed by atoms with E-state index in [9.17, 15) is 0 Å². The van der Waals surface area contributed by atoms with Gasteiger partial charge >= 0.3 is 0 Å². The molecule has 0 spiro atoms. The molecule has 7 heteroatoms. The predicted molar refractivity (Wildman–Crippen MR) is 118 cm³/mol. The van der Waals surface area contributed by atoms with Crippen LogP contribution in [-0.4, -0.2) is 70.8 Å². The van der Waals surface area contributed by atoms with E-state index in [2.05, 4.69) is 34.2 Å². The van der Waals surface area contributed by atoms with Crippen molar-refractivity contribution in [3.05, 3.63) is 23.8 Å². The summed E-state index contributed by atoms with van der Waals surface area (Å²) in [6.07, 6.45) is 2.67. The van der Waals surface area contributed by atoms with Crippen LogP contribution in [-0.2, 0) is 6.54 Å². The van der Waals surface area contributed by atoms with E-state index in [0.717, 1.165) is 35.5 Å². The van der Waals surface area contributed by atoms with Crippen molar-refractivity contribution in [3.8, 4) is 11.5 Å². The number of ether oxygens (including phenoxy) is 2. The number of halogens is 1. The first-order valence-corrected chi connectivity index (χ1v) is 8.79. The number of guanidine groups is 1. The first-order chi connectivity index (χ1) is 12.0. The summed E-state index contributed by atoms with van der Waals surface area (Å²) in [5.74, 6) is 3.33. The number of nitrogens with zero attached hydrogens (tertiary/aromatic N) is 3. The van der Waals surface area contributed by atoms with Gasteiger partial charge in [0.15, 0.2) is 5.96 Å². The lowest BCUT2D eigenvalue weighted by atomic mass is 10.1. The minimum Gasteiger partial charge on any atom is -0.497 e. The lowest BCUT2D eigenvalue weighted by molar-refractivity contribution is 0.262. The molecule has 0 aromatic heterocycles. The second kappa shape index (κ2) is 10.8. The van der Waals surface area contributed by atoms with Crippen molar-refractivity contribution in [2.45, 2.75) is 25.4 Å². The van der Waals surface area contributed by atoms with Crippen LogP contribution in [0.3, 0.4) is 0 Å². The Hall–Kier alpha value is -1.22. The number of hydrogen-bond donors (Lipinski definition) is 1. The monoisotopic (exact) mass is 476 g/mol. The molecule has 0 bridgehead atoms. The second-order valence-electron chi connectivity index (χ2n) is 6.83. The van der Waals surface area contributed by atoms with E-state index in [0.29, 0.717) is 12.6 Å². The molecule has 1 aliphatic carbocycles. The largest absolute Gasteiger partial charge is 0.497 e. The smallest absolute Gasteiger partial charge is 0.193 e. The Bertz CT molecular complexity index is 589. The van der Waals surface area contributed by atoms with E-state index in [1.807, 2.05) is 32.3 Å². The highest BCUT2D eigenvalue weighted by Crippen LogP contribution is 2.34. The van der Waals surface area contributed by atoms with E-state index >= 15 is 0 Å². The molecule has 2 rings (SSSR count). The third-order valence-corrected chi connectivity index (χ3v) is 4.77. The number of aliphatic imine (C=N–C) groups is 1. The van der Waals surface area contributed by atoms with E-state index in [4.69, 9.17) is 9.47 Å². The number of hydrogen-bond acceptors (Lipinski definition) is 4. The molecule has 0 saturated heterocycles. The van der Waals surface area contributed by atoms with Crippen molar-refractivity contribution in [1.29, 1.82) is 0 Å². The van der Waals surface area contributed by atoms with Crippen molar-refractivity contribution in [2.75, 3.05) is 49.0 Å². The molecule has 1 aliphatic rings. The molecule has 0 radical (unpaired) electrons. The number of likely N-dealkylation sites (N-methyl/N-ethyl adjacent to an activating group) is 1. The molecular formula is C19H33IN4O2. The van der Waals surface area contributed by atoms with Gasteiger partial charge in [0.05, 0.1) is 14.2 Å². The maximum atomic E-state index is 5.50. The van der Waals surface area contributed by atoms with Gasteiger partial charge in [-0.05, 0) is 45.0 Å². The number of nitrogens with one attached hydrogen (secondary N) is 1. The van der Waals surface area contributed by atoms with Gasteiger partial charge < -0.3 is 24.6 Å². The van der Waals surface area contributed by atoms with Crippen LogP contribution >= 0.6 is 24.0 Å². The highest BCUT2D eigenvalue weighted by Gasteiger charge is 2.32. The summed E-state index contributed by atoms with van der Waals surface area (Å²) in [5, 5.41) is 3.52. The zero-order chi connectivity index (χ0) is 18.4. The van der Waals surface area contributed by atoms with Crippen molar-refractivity contribution in [3.63, 3.8) is 0 Å². The molecule has 1 atom stereocenters. The fourth-order valence-electron chi connectivity index (χ4n) is 3.15. The minimum absolute atomic E-state index is 0. The van der Waals surface area contributed by atoms with Gasteiger partial charge in [0.1, 0.15) is 11.5 Å². The fraction of sp³-hybridized carbons (Fsp3) is 0.632. The normalized spacial score (nSPS) is 15.3. The Balaban J connectivity index is 0.00000338. The number of rotatable bonds is 8. The Kier molecular flexibility index (Phi) is 9.49. The Morgan fingerprint density at radius 3 is 2.42 bits per heavy atom. The molecule has 6 nitrogen and oxygen atoms in total. The topological polar surface area (TPSA) is 49.3 Å². The summed E-state index contributed by atoms with van der Waals surface area (Å²) < 4.78 is 10.8. The molecule has 1 N–H and O–H groups in total. The molecule has 0 amide bonds. The highest BCUT2D eigenvalue weighted by atomic mass is 127. The van der Waals surface area contributed by atoms with Gasteiger partial charge in [-0.2, -0.15) is 0 Å². The molecule has 1 aromatic rings. The lowest BCUT2D eigenvalue weighted by Gasteiger charge is -2.28. The Morgan fingerprint density at radius 1 is 1.23 bits per heavy atom. The molecule has 0 heterocycles. The zero-order valence-electron chi connectivity index (χ0n) is 16.8. The Morgan fingerprint density at radius 2 is 1.92 bits per heavy atom. The van der Waals surface area contributed by atoms with Gasteiger partial charge in [0.25, 0.3) is 0 Å². The van der Waals surface area contributed by atoms with Crippen LogP contribution in [0.25, 0.3) is 0 Å². The summed E-state index contributed by atoms with van der Waals surface area (Å²) in [6.45, 7) is 1.62. The molecule has 1 unspecified atom stereocenters. The summed E-state index contributed by atoms with van der Waals surface area (Å²) in [7, 11) is 11.5. The van der Waals surface area contributed by atoms with Crippen molar-refractivity contribution in [1.82, 2.24) is 15.1 Å². The van der Waals surface area contributed by atoms with Gasteiger partial charge in [0.2, 0.25) is 0 Å². The fourth-order valence-corrected chi connectivity index (χ4v) is 3.15. The van der Waals surface area contributed by atoms with Crippen LogP contribution in [0.15, 0.2) is 23.2 Å². The third kappa shape index (κ3) is 6.19. The first kappa shape index (κ1) is 22.8. The van der Waals surface area contributed by atoms with Gasteiger partial charge in [-0.3, -0.25) is 4.99 Å². The molecule has 0 aliphatic heterocycles. The summed E-state index contributed by atoms with van der Waals surface area (Å²) in [4.78, 5) is 8.86. The SMILES string of the molecule is CN=C(NCC(C1CC1)N(C)C)N(C)Cc1ccc(OC)cc1OC.I. The van der Waals surface area contributed by atoms with Gasteiger partial charge in [0, 0.05) is 44.9 Å².